The van der Waals surface area contributed by atoms with E-state index >= 15 is 0 Å². The molecule has 1 unspecified atom stereocenters. The van der Waals surface area contributed by atoms with Crippen molar-refractivity contribution in [2.45, 2.75) is 26.1 Å². The van der Waals surface area contributed by atoms with Crippen LogP contribution in [-0.4, -0.2) is 37.4 Å². The van der Waals surface area contributed by atoms with Gasteiger partial charge in [0.1, 0.15) is 5.75 Å². The van der Waals surface area contributed by atoms with Crippen LogP contribution in [-0.2, 0) is 16.1 Å². The first-order chi connectivity index (χ1) is 9.58. The topological polar surface area (TPSA) is 67.8 Å². The number of carbonyl (C=O) groups excluding carboxylic acids is 1. The third-order valence-corrected chi connectivity index (χ3v) is 3.18. The van der Waals surface area contributed by atoms with E-state index in [1.165, 1.54) is 0 Å². The van der Waals surface area contributed by atoms with Gasteiger partial charge in [-0.2, -0.15) is 0 Å². The minimum absolute atomic E-state index is 0.142. The molecule has 6 heteroatoms. The van der Waals surface area contributed by atoms with Gasteiger partial charge in [-0.3, -0.25) is 4.79 Å². The molecule has 1 atom stereocenters. The van der Waals surface area contributed by atoms with E-state index in [1.807, 2.05) is 0 Å². The van der Waals surface area contributed by atoms with Crippen molar-refractivity contribution >= 4 is 21.8 Å². The smallest absolute Gasteiger partial charge is 0.260 e. The molecule has 5 nitrogen and oxygen atoms in total. The molecule has 0 radical (unpaired) electrons. The van der Waals surface area contributed by atoms with Gasteiger partial charge in [-0.1, -0.05) is 15.9 Å². The Balaban J connectivity index is 2.52. The predicted molar refractivity (Wildman–Crippen MR) is 79.7 cm³/mol. The Bertz CT molecular complexity index is 439. The van der Waals surface area contributed by atoms with Crippen molar-refractivity contribution in [2.75, 3.05) is 20.3 Å². The van der Waals surface area contributed by atoms with E-state index in [1.54, 1.807) is 32.2 Å². The monoisotopic (exact) mass is 345 g/mol. The van der Waals surface area contributed by atoms with E-state index in [4.69, 9.17) is 9.47 Å². The second kappa shape index (κ2) is 8.94. The summed E-state index contributed by atoms with van der Waals surface area (Å²) in [6, 6.07) is 5.29. The van der Waals surface area contributed by atoms with Crippen LogP contribution in [0.1, 0.15) is 18.9 Å². The van der Waals surface area contributed by atoms with Crippen molar-refractivity contribution in [1.29, 1.82) is 0 Å². The zero-order chi connectivity index (χ0) is 15.0. The molecule has 0 saturated heterocycles. The highest BCUT2D eigenvalue weighted by Crippen LogP contribution is 2.24. The number of amides is 1. The standard InChI is InChI=1S/C14H20BrNO4/c1-10(14(18)16-6-3-7-19-2)20-13-5-4-12(15)8-11(13)9-17/h4-5,8,10,17H,3,6-7,9H2,1-2H3,(H,16,18). The summed E-state index contributed by atoms with van der Waals surface area (Å²) in [7, 11) is 1.62. The second-order valence-electron chi connectivity index (χ2n) is 4.31. The maximum Gasteiger partial charge on any atom is 0.260 e. The lowest BCUT2D eigenvalue weighted by molar-refractivity contribution is -0.127. The van der Waals surface area contributed by atoms with Crippen LogP contribution in [0.4, 0.5) is 0 Å². The Morgan fingerprint density at radius 3 is 2.90 bits per heavy atom. The Morgan fingerprint density at radius 1 is 1.50 bits per heavy atom. The van der Waals surface area contributed by atoms with Crippen molar-refractivity contribution in [3.05, 3.63) is 28.2 Å². The summed E-state index contributed by atoms with van der Waals surface area (Å²) in [6.07, 6.45) is 0.138. The molecule has 0 saturated carbocycles. The second-order valence-corrected chi connectivity index (χ2v) is 5.22. The molecular weight excluding hydrogens is 326 g/mol. The summed E-state index contributed by atoms with van der Waals surface area (Å²) in [5.41, 5.74) is 0.637. The van der Waals surface area contributed by atoms with Gasteiger partial charge in [-0.05, 0) is 31.5 Å². The first-order valence-electron chi connectivity index (χ1n) is 6.41. The SMILES string of the molecule is COCCCNC(=O)C(C)Oc1ccc(Br)cc1CO. The van der Waals surface area contributed by atoms with Gasteiger partial charge in [0.25, 0.3) is 5.91 Å². The molecule has 1 amide bonds. The van der Waals surface area contributed by atoms with E-state index in [2.05, 4.69) is 21.2 Å². The van der Waals surface area contributed by atoms with Crippen molar-refractivity contribution in [3.8, 4) is 5.75 Å². The quantitative estimate of drug-likeness (QED) is 0.705. The Labute approximate surface area is 127 Å². The van der Waals surface area contributed by atoms with Crippen LogP contribution in [0.5, 0.6) is 5.75 Å². The molecule has 1 aromatic carbocycles. The summed E-state index contributed by atoms with van der Waals surface area (Å²) >= 11 is 3.32. The lowest BCUT2D eigenvalue weighted by Crippen LogP contribution is -2.37. The third kappa shape index (κ3) is 5.48. The summed E-state index contributed by atoms with van der Waals surface area (Å²) in [6.45, 7) is 2.69. The minimum Gasteiger partial charge on any atom is -0.481 e. The van der Waals surface area contributed by atoms with Crippen molar-refractivity contribution in [2.24, 2.45) is 0 Å². The molecule has 0 aromatic heterocycles. The molecule has 20 heavy (non-hydrogen) atoms. The van der Waals surface area contributed by atoms with Gasteiger partial charge < -0.3 is 19.9 Å². The summed E-state index contributed by atoms with van der Waals surface area (Å²) in [4.78, 5) is 11.8. The van der Waals surface area contributed by atoms with Gasteiger partial charge in [0.2, 0.25) is 0 Å². The molecule has 0 fully saturated rings. The fourth-order valence-electron chi connectivity index (χ4n) is 1.60. The normalized spacial score (nSPS) is 12.0. The molecule has 112 valence electrons. The van der Waals surface area contributed by atoms with Crippen LogP contribution < -0.4 is 10.1 Å². The summed E-state index contributed by atoms with van der Waals surface area (Å²) in [5.74, 6) is 0.322. The lowest BCUT2D eigenvalue weighted by Gasteiger charge is -2.17. The molecule has 0 heterocycles. The Hall–Kier alpha value is -1.11. The lowest BCUT2D eigenvalue weighted by atomic mass is 10.2. The Morgan fingerprint density at radius 2 is 2.25 bits per heavy atom. The third-order valence-electron chi connectivity index (χ3n) is 2.69. The molecule has 0 bridgehead atoms. The highest BCUT2D eigenvalue weighted by molar-refractivity contribution is 9.10. The average molecular weight is 346 g/mol. The molecule has 0 aliphatic heterocycles. The van der Waals surface area contributed by atoms with Crippen LogP contribution >= 0.6 is 15.9 Å². The first-order valence-corrected chi connectivity index (χ1v) is 7.20. The van der Waals surface area contributed by atoms with Crippen LogP contribution in [0, 0.1) is 0 Å². The highest BCUT2D eigenvalue weighted by atomic mass is 79.9. The molecule has 2 N–H and O–H groups in total. The average Bonchev–Trinajstić information content (AvgIpc) is 2.45. The molecular formula is C14H20BrNO4. The predicted octanol–water partition coefficient (Wildman–Crippen LogP) is 1.86. The molecule has 1 aromatic rings. The fourth-order valence-corrected chi connectivity index (χ4v) is 2.01. The van der Waals surface area contributed by atoms with Gasteiger partial charge in [0, 0.05) is 30.3 Å². The van der Waals surface area contributed by atoms with Gasteiger partial charge in [-0.15, -0.1) is 0 Å². The van der Waals surface area contributed by atoms with E-state index in [-0.39, 0.29) is 12.5 Å². The molecule has 0 spiro atoms. The minimum atomic E-state index is -0.621. The number of hydrogen-bond acceptors (Lipinski definition) is 4. The highest BCUT2D eigenvalue weighted by Gasteiger charge is 2.15. The number of methoxy groups -OCH3 is 1. The van der Waals surface area contributed by atoms with E-state index in [0.29, 0.717) is 24.5 Å². The van der Waals surface area contributed by atoms with Crippen molar-refractivity contribution in [1.82, 2.24) is 5.32 Å². The Kier molecular flexibility index (Phi) is 7.58. The molecule has 0 aliphatic rings. The zero-order valence-corrected chi connectivity index (χ0v) is 13.3. The van der Waals surface area contributed by atoms with Crippen LogP contribution in [0.25, 0.3) is 0 Å². The number of hydrogen-bond donors (Lipinski definition) is 2. The number of aliphatic hydroxyl groups is 1. The maximum atomic E-state index is 11.8. The number of carbonyl (C=O) groups is 1. The number of rotatable bonds is 8. The van der Waals surface area contributed by atoms with Gasteiger partial charge in [0.15, 0.2) is 6.10 Å². The largest absolute Gasteiger partial charge is 0.481 e. The number of halogens is 1. The zero-order valence-electron chi connectivity index (χ0n) is 11.7. The fraction of sp³-hybridized carbons (Fsp3) is 0.500. The van der Waals surface area contributed by atoms with E-state index in [0.717, 1.165) is 10.9 Å². The number of benzene rings is 1. The maximum absolute atomic E-state index is 11.8. The number of nitrogens with one attached hydrogen (secondary N) is 1. The van der Waals surface area contributed by atoms with Crippen LogP contribution in [0.3, 0.4) is 0 Å². The molecule has 1 rings (SSSR count). The van der Waals surface area contributed by atoms with Crippen LogP contribution in [0.15, 0.2) is 22.7 Å². The van der Waals surface area contributed by atoms with Crippen molar-refractivity contribution < 1.29 is 19.4 Å². The van der Waals surface area contributed by atoms with Gasteiger partial charge >= 0.3 is 0 Å². The number of ether oxygens (including phenoxy) is 2. The summed E-state index contributed by atoms with van der Waals surface area (Å²) in [5, 5.41) is 12.1. The van der Waals surface area contributed by atoms with Crippen molar-refractivity contribution in [3.63, 3.8) is 0 Å². The first kappa shape index (κ1) is 16.9. The van der Waals surface area contributed by atoms with Gasteiger partial charge in [-0.25, -0.2) is 0 Å². The van der Waals surface area contributed by atoms with Gasteiger partial charge in [0.05, 0.1) is 6.61 Å². The summed E-state index contributed by atoms with van der Waals surface area (Å²) < 4.78 is 11.3. The van der Waals surface area contributed by atoms with E-state index in [9.17, 15) is 9.90 Å². The van der Waals surface area contributed by atoms with E-state index < -0.39 is 6.10 Å². The number of aliphatic hydroxyl groups excluding tert-OH is 1. The molecule has 0 aliphatic carbocycles. The van der Waals surface area contributed by atoms with Crippen LogP contribution in [0.2, 0.25) is 0 Å².